The molecule has 0 unspecified atom stereocenters. The number of amides is 1. The van der Waals surface area contributed by atoms with E-state index in [1.54, 1.807) is 12.4 Å². The fourth-order valence-electron chi connectivity index (χ4n) is 3.02. The summed E-state index contributed by atoms with van der Waals surface area (Å²) in [5.41, 5.74) is 3.61. The zero-order valence-electron chi connectivity index (χ0n) is 16.5. The highest BCUT2D eigenvalue weighted by Gasteiger charge is 2.14. The Hall–Kier alpha value is -3.22. The third kappa shape index (κ3) is 4.94. The summed E-state index contributed by atoms with van der Waals surface area (Å²) in [5.74, 6) is 1.47. The predicted molar refractivity (Wildman–Crippen MR) is 107 cm³/mol. The second-order valence-electron chi connectivity index (χ2n) is 6.73. The molecule has 0 fully saturated rings. The van der Waals surface area contributed by atoms with Crippen LogP contribution in [0.3, 0.4) is 0 Å². The molecule has 0 bridgehead atoms. The topological polar surface area (TPSA) is 84.2 Å². The summed E-state index contributed by atoms with van der Waals surface area (Å²) in [4.78, 5) is 23.3. The van der Waals surface area contributed by atoms with E-state index in [-0.39, 0.29) is 12.3 Å². The molecule has 28 heavy (non-hydrogen) atoms. The maximum Gasteiger partial charge on any atom is 0.224 e. The van der Waals surface area contributed by atoms with Gasteiger partial charge in [-0.05, 0) is 32.0 Å². The van der Waals surface area contributed by atoms with E-state index in [0.29, 0.717) is 12.3 Å². The van der Waals surface area contributed by atoms with Crippen LogP contribution in [0, 0.1) is 13.8 Å². The lowest BCUT2D eigenvalue weighted by Crippen LogP contribution is -2.28. The van der Waals surface area contributed by atoms with Gasteiger partial charge in [-0.1, -0.05) is 17.3 Å². The van der Waals surface area contributed by atoms with E-state index in [9.17, 15) is 4.79 Å². The van der Waals surface area contributed by atoms with Gasteiger partial charge < -0.3 is 14.7 Å². The molecule has 7 heteroatoms. The molecule has 0 saturated carbocycles. The fraction of sp³-hybridized carbons (Fsp3) is 0.333. The minimum Gasteiger partial charge on any atom is -0.361 e. The van der Waals surface area contributed by atoms with Crippen LogP contribution in [0.25, 0.3) is 0 Å². The zero-order valence-corrected chi connectivity index (χ0v) is 16.5. The number of nitrogens with zero attached hydrogens (tertiary/aromatic N) is 4. The van der Waals surface area contributed by atoms with Gasteiger partial charge >= 0.3 is 0 Å². The van der Waals surface area contributed by atoms with Gasteiger partial charge in [0, 0.05) is 55.8 Å². The van der Waals surface area contributed by atoms with Gasteiger partial charge in [0.1, 0.15) is 11.6 Å². The first-order valence-electron chi connectivity index (χ1n) is 9.28. The van der Waals surface area contributed by atoms with Crippen molar-refractivity contribution in [3.63, 3.8) is 0 Å². The van der Waals surface area contributed by atoms with E-state index >= 15 is 0 Å². The van der Waals surface area contributed by atoms with Gasteiger partial charge in [0.25, 0.3) is 0 Å². The summed E-state index contributed by atoms with van der Waals surface area (Å²) in [7, 11) is 2.00. The zero-order chi connectivity index (χ0) is 19.9. The molecule has 0 atom stereocenters. The van der Waals surface area contributed by atoms with Crippen molar-refractivity contribution in [2.75, 3.05) is 18.5 Å². The number of rotatable bonds is 8. The first-order chi connectivity index (χ1) is 13.5. The number of aromatic nitrogens is 3. The molecule has 3 aromatic rings. The lowest BCUT2D eigenvalue weighted by molar-refractivity contribution is -0.120. The fourth-order valence-corrected chi connectivity index (χ4v) is 3.02. The van der Waals surface area contributed by atoms with E-state index in [4.69, 9.17) is 4.52 Å². The van der Waals surface area contributed by atoms with Crippen LogP contribution in [0.2, 0.25) is 0 Å². The molecule has 3 aromatic heterocycles. The standard InChI is InChI=1S/C21H25N5O2/c1-15-19(16(2)28-25-15)13-20(27)24-14-17-7-6-11-23-21(17)26(3)12-9-18-8-4-5-10-22-18/h4-8,10-11H,9,12-14H2,1-3H3,(H,24,27). The summed E-state index contributed by atoms with van der Waals surface area (Å²) in [6.07, 6.45) is 4.65. The molecular formula is C21H25N5O2. The number of hydrogen-bond acceptors (Lipinski definition) is 6. The minimum absolute atomic E-state index is 0.0691. The van der Waals surface area contributed by atoms with Crippen LogP contribution < -0.4 is 10.2 Å². The number of aryl methyl sites for hydroxylation is 2. The summed E-state index contributed by atoms with van der Waals surface area (Å²) >= 11 is 0. The molecule has 1 N–H and O–H groups in total. The molecule has 0 saturated heterocycles. The first-order valence-corrected chi connectivity index (χ1v) is 9.28. The number of anilines is 1. The Morgan fingerprint density at radius 2 is 1.96 bits per heavy atom. The molecular weight excluding hydrogens is 354 g/mol. The third-order valence-electron chi connectivity index (χ3n) is 4.65. The lowest BCUT2D eigenvalue weighted by atomic mass is 10.1. The second kappa shape index (κ2) is 9.12. The van der Waals surface area contributed by atoms with E-state index in [2.05, 4.69) is 25.3 Å². The van der Waals surface area contributed by atoms with Gasteiger partial charge in [0.15, 0.2) is 0 Å². The molecule has 7 nitrogen and oxygen atoms in total. The van der Waals surface area contributed by atoms with Gasteiger partial charge in [-0.3, -0.25) is 9.78 Å². The Labute approximate surface area is 164 Å². The highest BCUT2D eigenvalue weighted by Crippen LogP contribution is 2.17. The summed E-state index contributed by atoms with van der Waals surface area (Å²) in [6.45, 7) is 4.86. The molecule has 0 spiro atoms. The van der Waals surface area contributed by atoms with Gasteiger partial charge in [0.05, 0.1) is 12.1 Å². The highest BCUT2D eigenvalue weighted by atomic mass is 16.5. The monoisotopic (exact) mass is 379 g/mol. The van der Waals surface area contributed by atoms with Crippen LogP contribution >= 0.6 is 0 Å². The average molecular weight is 379 g/mol. The number of hydrogen-bond donors (Lipinski definition) is 1. The first kappa shape index (κ1) is 19.5. The van der Waals surface area contributed by atoms with Crippen molar-refractivity contribution >= 4 is 11.7 Å². The largest absolute Gasteiger partial charge is 0.361 e. The van der Waals surface area contributed by atoms with E-state index in [0.717, 1.165) is 41.3 Å². The predicted octanol–water partition coefficient (Wildman–Crippen LogP) is 2.62. The summed E-state index contributed by atoms with van der Waals surface area (Å²) in [6, 6.07) is 9.78. The molecule has 3 rings (SSSR count). The van der Waals surface area contributed by atoms with Gasteiger partial charge in [0.2, 0.25) is 5.91 Å². The Morgan fingerprint density at radius 1 is 1.14 bits per heavy atom. The van der Waals surface area contributed by atoms with E-state index in [1.807, 2.05) is 51.2 Å². The van der Waals surface area contributed by atoms with E-state index in [1.165, 1.54) is 0 Å². The summed E-state index contributed by atoms with van der Waals surface area (Å²) in [5, 5.41) is 6.87. The molecule has 0 aromatic carbocycles. The van der Waals surface area contributed by atoms with Crippen molar-refractivity contribution in [2.45, 2.75) is 33.2 Å². The molecule has 3 heterocycles. The molecule has 1 amide bonds. The van der Waals surface area contributed by atoms with Gasteiger partial charge in [-0.15, -0.1) is 0 Å². The van der Waals surface area contributed by atoms with Crippen molar-refractivity contribution in [2.24, 2.45) is 0 Å². The highest BCUT2D eigenvalue weighted by molar-refractivity contribution is 5.79. The number of likely N-dealkylation sites (N-methyl/N-ethyl adjacent to an activating group) is 1. The van der Waals surface area contributed by atoms with Gasteiger partial charge in [-0.2, -0.15) is 0 Å². The maximum atomic E-state index is 12.4. The number of nitrogens with one attached hydrogen (secondary N) is 1. The van der Waals surface area contributed by atoms with Crippen LogP contribution in [-0.2, 0) is 24.2 Å². The van der Waals surface area contributed by atoms with E-state index < -0.39 is 0 Å². The molecule has 0 aliphatic rings. The maximum absolute atomic E-state index is 12.4. The van der Waals surface area contributed by atoms with Crippen LogP contribution in [-0.4, -0.2) is 34.6 Å². The van der Waals surface area contributed by atoms with Crippen molar-refractivity contribution in [1.82, 2.24) is 20.4 Å². The van der Waals surface area contributed by atoms with Crippen molar-refractivity contribution in [1.29, 1.82) is 0 Å². The normalized spacial score (nSPS) is 10.7. The van der Waals surface area contributed by atoms with Crippen LogP contribution in [0.4, 0.5) is 5.82 Å². The molecule has 146 valence electrons. The summed E-state index contributed by atoms with van der Waals surface area (Å²) < 4.78 is 5.12. The van der Waals surface area contributed by atoms with Crippen LogP contribution in [0.5, 0.6) is 0 Å². The smallest absolute Gasteiger partial charge is 0.224 e. The number of carbonyl (C=O) groups is 1. The Morgan fingerprint density at radius 3 is 2.68 bits per heavy atom. The average Bonchev–Trinajstić information content (AvgIpc) is 3.03. The van der Waals surface area contributed by atoms with Crippen LogP contribution in [0.15, 0.2) is 47.2 Å². The SMILES string of the molecule is Cc1noc(C)c1CC(=O)NCc1cccnc1N(C)CCc1ccccn1. The Bertz CT molecular complexity index is 904. The molecule has 0 aliphatic carbocycles. The number of carbonyl (C=O) groups excluding carboxylic acids is 1. The Balaban J connectivity index is 1.59. The second-order valence-corrected chi connectivity index (χ2v) is 6.73. The number of pyridine rings is 2. The molecule has 0 radical (unpaired) electrons. The molecule has 0 aliphatic heterocycles. The van der Waals surface area contributed by atoms with Crippen molar-refractivity contribution < 1.29 is 9.32 Å². The lowest BCUT2D eigenvalue weighted by Gasteiger charge is -2.21. The minimum atomic E-state index is -0.0691. The third-order valence-corrected chi connectivity index (χ3v) is 4.65. The van der Waals surface area contributed by atoms with Crippen LogP contribution in [0.1, 0.15) is 28.3 Å². The quantitative estimate of drug-likeness (QED) is 0.648. The van der Waals surface area contributed by atoms with Crippen molar-refractivity contribution in [3.05, 3.63) is 71.0 Å². The Kier molecular flexibility index (Phi) is 6.37. The van der Waals surface area contributed by atoms with Gasteiger partial charge in [-0.25, -0.2) is 4.98 Å². The van der Waals surface area contributed by atoms with Crippen molar-refractivity contribution in [3.8, 4) is 0 Å².